The third-order valence-electron chi connectivity index (χ3n) is 5.57. The molecule has 6 nitrogen and oxygen atoms in total. The van der Waals surface area contributed by atoms with Crippen LogP contribution in [0, 0.1) is 6.92 Å². The molecule has 0 spiro atoms. The van der Waals surface area contributed by atoms with Crippen LogP contribution < -0.4 is 5.32 Å². The molecule has 1 aromatic carbocycles. The molecular formula is C21H23N5O. The van der Waals surface area contributed by atoms with Crippen LogP contribution >= 0.6 is 0 Å². The Labute approximate surface area is 158 Å². The van der Waals surface area contributed by atoms with Crippen LogP contribution in [0.4, 0.5) is 0 Å². The summed E-state index contributed by atoms with van der Waals surface area (Å²) in [6.07, 6.45) is 3.71. The molecule has 0 bridgehead atoms. The van der Waals surface area contributed by atoms with Gasteiger partial charge in [0.1, 0.15) is 0 Å². The minimum Gasteiger partial charge on any atom is -0.339 e. The Bertz CT molecular complexity index is 955. The molecule has 138 valence electrons. The number of hydrogen-bond donors (Lipinski definition) is 1. The largest absolute Gasteiger partial charge is 0.339 e. The Hall–Kier alpha value is -2.57. The molecule has 0 unspecified atom stereocenters. The zero-order valence-corrected chi connectivity index (χ0v) is 15.5. The van der Waals surface area contributed by atoms with E-state index in [0.29, 0.717) is 11.7 Å². The van der Waals surface area contributed by atoms with Crippen LogP contribution in [0.25, 0.3) is 11.4 Å². The van der Waals surface area contributed by atoms with Gasteiger partial charge >= 0.3 is 0 Å². The molecule has 0 saturated carbocycles. The molecule has 0 aliphatic carbocycles. The Morgan fingerprint density at radius 1 is 1.15 bits per heavy atom. The minimum absolute atomic E-state index is 0.679. The molecule has 0 amide bonds. The molecule has 3 aromatic rings. The number of aryl methyl sites for hydroxylation is 1. The Kier molecular flexibility index (Phi) is 4.22. The summed E-state index contributed by atoms with van der Waals surface area (Å²) >= 11 is 0. The third-order valence-corrected chi connectivity index (χ3v) is 5.57. The van der Waals surface area contributed by atoms with Gasteiger partial charge in [-0.3, -0.25) is 9.88 Å². The van der Waals surface area contributed by atoms with E-state index in [0.717, 1.165) is 56.8 Å². The van der Waals surface area contributed by atoms with Gasteiger partial charge in [-0.15, -0.1) is 0 Å². The van der Waals surface area contributed by atoms with E-state index in [2.05, 4.69) is 44.6 Å². The molecule has 0 saturated heterocycles. The number of pyridine rings is 1. The van der Waals surface area contributed by atoms with E-state index < -0.39 is 0 Å². The quantitative estimate of drug-likeness (QED) is 0.771. The fourth-order valence-electron chi connectivity index (χ4n) is 4.14. The van der Waals surface area contributed by atoms with Gasteiger partial charge in [0.2, 0.25) is 11.7 Å². The summed E-state index contributed by atoms with van der Waals surface area (Å²) in [6, 6.07) is 8.64. The second-order valence-corrected chi connectivity index (χ2v) is 7.39. The van der Waals surface area contributed by atoms with Gasteiger partial charge in [-0.2, -0.15) is 4.98 Å². The predicted molar refractivity (Wildman–Crippen MR) is 102 cm³/mol. The fourth-order valence-corrected chi connectivity index (χ4v) is 4.14. The minimum atomic E-state index is 0.679. The maximum Gasteiger partial charge on any atom is 0.228 e. The van der Waals surface area contributed by atoms with Crippen molar-refractivity contribution in [1.82, 2.24) is 25.3 Å². The highest BCUT2D eigenvalue weighted by molar-refractivity contribution is 5.64. The number of nitrogens with one attached hydrogen (secondary N) is 1. The van der Waals surface area contributed by atoms with Gasteiger partial charge in [0, 0.05) is 50.1 Å². The van der Waals surface area contributed by atoms with Crippen molar-refractivity contribution in [3.8, 4) is 11.4 Å². The zero-order valence-electron chi connectivity index (χ0n) is 15.5. The van der Waals surface area contributed by atoms with Crippen molar-refractivity contribution in [2.45, 2.75) is 39.4 Å². The maximum absolute atomic E-state index is 5.57. The van der Waals surface area contributed by atoms with Crippen LogP contribution in [-0.4, -0.2) is 33.1 Å². The van der Waals surface area contributed by atoms with Gasteiger partial charge in [-0.05, 0) is 42.1 Å². The molecular weight excluding hydrogens is 338 g/mol. The average molecular weight is 361 g/mol. The Morgan fingerprint density at radius 3 is 2.78 bits per heavy atom. The summed E-state index contributed by atoms with van der Waals surface area (Å²) in [4.78, 5) is 11.7. The van der Waals surface area contributed by atoms with Gasteiger partial charge < -0.3 is 9.84 Å². The first kappa shape index (κ1) is 16.6. The Balaban J connectivity index is 1.31. The van der Waals surface area contributed by atoms with Gasteiger partial charge in [0.05, 0.1) is 0 Å². The molecule has 27 heavy (non-hydrogen) atoms. The van der Waals surface area contributed by atoms with Crippen LogP contribution in [-0.2, 0) is 32.5 Å². The summed E-state index contributed by atoms with van der Waals surface area (Å²) in [5.74, 6) is 1.38. The van der Waals surface area contributed by atoms with Gasteiger partial charge in [0.15, 0.2) is 0 Å². The number of benzene rings is 1. The molecule has 2 aliphatic rings. The van der Waals surface area contributed by atoms with E-state index in [9.17, 15) is 0 Å². The molecule has 2 aromatic heterocycles. The molecule has 0 fully saturated rings. The van der Waals surface area contributed by atoms with Crippen molar-refractivity contribution in [2.75, 3.05) is 13.1 Å². The van der Waals surface area contributed by atoms with Crippen molar-refractivity contribution in [1.29, 1.82) is 0 Å². The van der Waals surface area contributed by atoms with Gasteiger partial charge in [-0.25, -0.2) is 0 Å². The maximum atomic E-state index is 5.57. The number of hydrogen-bond acceptors (Lipinski definition) is 6. The van der Waals surface area contributed by atoms with Crippen molar-refractivity contribution in [2.24, 2.45) is 0 Å². The molecule has 0 atom stereocenters. The lowest BCUT2D eigenvalue weighted by Crippen LogP contribution is -2.24. The lowest BCUT2D eigenvalue weighted by Gasteiger charge is -2.19. The highest BCUT2D eigenvalue weighted by Gasteiger charge is 2.22. The normalized spacial score (nSPS) is 16.3. The van der Waals surface area contributed by atoms with E-state index in [1.54, 1.807) is 0 Å². The lowest BCUT2D eigenvalue weighted by atomic mass is 9.95. The second kappa shape index (κ2) is 6.87. The lowest BCUT2D eigenvalue weighted by molar-refractivity contribution is 0.270. The standard InChI is InChI=1S/C21H23N5O/c1-14-20(18-6-8-22-10-17(18)11-23-14)21-24-19(27-25-21)7-9-26-12-15-4-2-3-5-16(15)13-26/h2-5,11,22H,6-10,12-13H2,1H3. The van der Waals surface area contributed by atoms with Gasteiger partial charge in [0.25, 0.3) is 0 Å². The van der Waals surface area contributed by atoms with E-state index >= 15 is 0 Å². The molecule has 2 aliphatic heterocycles. The smallest absolute Gasteiger partial charge is 0.228 e. The number of aromatic nitrogens is 3. The summed E-state index contributed by atoms with van der Waals surface area (Å²) in [5.41, 5.74) is 7.42. The topological polar surface area (TPSA) is 67.1 Å². The highest BCUT2D eigenvalue weighted by atomic mass is 16.5. The first-order chi connectivity index (χ1) is 13.3. The van der Waals surface area contributed by atoms with Crippen LogP contribution in [0.15, 0.2) is 35.0 Å². The van der Waals surface area contributed by atoms with Crippen LogP contribution in [0.1, 0.15) is 33.8 Å². The van der Waals surface area contributed by atoms with E-state index in [4.69, 9.17) is 9.51 Å². The number of rotatable bonds is 4. The van der Waals surface area contributed by atoms with Crippen molar-refractivity contribution in [3.05, 3.63) is 64.3 Å². The molecule has 4 heterocycles. The first-order valence-corrected chi connectivity index (χ1v) is 9.58. The third kappa shape index (κ3) is 3.15. The van der Waals surface area contributed by atoms with E-state index in [1.807, 2.05) is 13.1 Å². The first-order valence-electron chi connectivity index (χ1n) is 9.58. The second-order valence-electron chi connectivity index (χ2n) is 7.39. The predicted octanol–water partition coefficient (Wildman–Crippen LogP) is 2.64. The van der Waals surface area contributed by atoms with Crippen LogP contribution in [0.3, 0.4) is 0 Å². The van der Waals surface area contributed by atoms with Crippen LogP contribution in [0.5, 0.6) is 0 Å². The summed E-state index contributed by atoms with van der Waals surface area (Å²) in [7, 11) is 0. The van der Waals surface area contributed by atoms with Crippen molar-refractivity contribution < 1.29 is 4.52 Å². The SMILES string of the molecule is Cc1ncc2c(c1-c1noc(CCN3Cc4ccccc4C3)n1)CCNC2. The monoisotopic (exact) mass is 361 g/mol. The summed E-state index contributed by atoms with van der Waals surface area (Å²) in [6.45, 7) is 6.78. The number of nitrogens with zero attached hydrogens (tertiary/aromatic N) is 4. The van der Waals surface area contributed by atoms with Crippen molar-refractivity contribution in [3.63, 3.8) is 0 Å². The highest BCUT2D eigenvalue weighted by Crippen LogP contribution is 2.29. The Morgan fingerprint density at radius 2 is 1.96 bits per heavy atom. The van der Waals surface area contributed by atoms with Crippen molar-refractivity contribution >= 4 is 0 Å². The molecule has 0 radical (unpaired) electrons. The fraction of sp³-hybridized carbons (Fsp3) is 0.381. The molecule has 5 rings (SSSR count). The molecule has 1 N–H and O–H groups in total. The van der Waals surface area contributed by atoms with Crippen LogP contribution in [0.2, 0.25) is 0 Å². The zero-order chi connectivity index (χ0) is 18.2. The van der Waals surface area contributed by atoms with E-state index in [1.165, 1.54) is 22.3 Å². The van der Waals surface area contributed by atoms with Gasteiger partial charge in [-0.1, -0.05) is 29.4 Å². The van der Waals surface area contributed by atoms with E-state index in [-0.39, 0.29) is 0 Å². The number of fused-ring (bicyclic) bond motifs is 2. The summed E-state index contributed by atoms with van der Waals surface area (Å²) < 4.78 is 5.57. The summed E-state index contributed by atoms with van der Waals surface area (Å²) in [5, 5.41) is 7.67. The molecule has 6 heteroatoms. The average Bonchev–Trinajstić information content (AvgIpc) is 3.32.